The highest BCUT2D eigenvalue weighted by atomic mass is 32.2. The Kier molecular flexibility index (Phi) is 6.89. The van der Waals surface area contributed by atoms with Crippen molar-refractivity contribution in [1.82, 2.24) is 4.31 Å². The van der Waals surface area contributed by atoms with Gasteiger partial charge in [0.1, 0.15) is 12.3 Å². The van der Waals surface area contributed by atoms with Crippen LogP contribution >= 0.6 is 0 Å². The fourth-order valence-corrected chi connectivity index (χ4v) is 4.96. The molecule has 0 bridgehead atoms. The van der Waals surface area contributed by atoms with Crippen molar-refractivity contribution in [2.45, 2.75) is 25.3 Å². The van der Waals surface area contributed by atoms with Gasteiger partial charge >= 0.3 is 0 Å². The molecule has 2 N–H and O–H groups in total. The van der Waals surface area contributed by atoms with Crippen LogP contribution < -0.4 is 15.0 Å². The molecular formula is C21H28N3O4S+. The van der Waals surface area contributed by atoms with Crippen LogP contribution in [0.15, 0.2) is 53.4 Å². The van der Waals surface area contributed by atoms with E-state index in [0.29, 0.717) is 31.1 Å². The molecular weight excluding hydrogens is 390 g/mol. The summed E-state index contributed by atoms with van der Waals surface area (Å²) in [6.45, 7) is 6.97. The first-order valence-corrected chi connectivity index (χ1v) is 11.3. The van der Waals surface area contributed by atoms with Crippen molar-refractivity contribution in [1.29, 1.82) is 0 Å². The van der Waals surface area contributed by atoms with Crippen LogP contribution in [0.25, 0.3) is 0 Å². The van der Waals surface area contributed by atoms with Crippen LogP contribution in [-0.4, -0.2) is 51.4 Å². The predicted octanol–water partition coefficient (Wildman–Crippen LogP) is 1.13. The summed E-state index contributed by atoms with van der Waals surface area (Å²) in [4.78, 5) is 13.0. The Morgan fingerprint density at radius 1 is 1.14 bits per heavy atom. The monoisotopic (exact) mass is 418 g/mol. The van der Waals surface area contributed by atoms with E-state index in [4.69, 9.17) is 4.74 Å². The zero-order chi connectivity index (χ0) is 20.9. The van der Waals surface area contributed by atoms with Crippen molar-refractivity contribution in [2.75, 3.05) is 38.1 Å². The average molecular weight is 419 g/mol. The molecule has 0 unspecified atom stereocenters. The summed E-state index contributed by atoms with van der Waals surface area (Å²) in [6.07, 6.45) is 0. The minimum Gasteiger partial charge on any atom is -0.492 e. The molecule has 1 fully saturated rings. The highest BCUT2D eigenvalue weighted by Gasteiger charge is 2.31. The summed E-state index contributed by atoms with van der Waals surface area (Å²) in [5.41, 5.74) is 1.62. The van der Waals surface area contributed by atoms with Crippen LogP contribution in [0.4, 0.5) is 5.69 Å². The van der Waals surface area contributed by atoms with E-state index in [1.54, 1.807) is 6.07 Å². The number of benzene rings is 2. The maximum atomic E-state index is 13.1. The van der Waals surface area contributed by atoms with Gasteiger partial charge in [-0.2, -0.15) is 4.31 Å². The van der Waals surface area contributed by atoms with Gasteiger partial charge < -0.3 is 15.0 Å². The Balaban J connectivity index is 1.71. The lowest BCUT2D eigenvalue weighted by Crippen LogP contribution is -3.13. The second-order valence-electron chi connectivity index (χ2n) is 7.09. The van der Waals surface area contributed by atoms with E-state index in [9.17, 15) is 13.2 Å². The summed E-state index contributed by atoms with van der Waals surface area (Å²) in [5.74, 6) is 0.178. The first kappa shape index (κ1) is 21.3. The summed E-state index contributed by atoms with van der Waals surface area (Å²) >= 11 is 0. The number of quaternary nitrogens is 1. The van der Waals surface area contributed by atoms with Crippen LogP contribution in [0.3, 0.4) is 0 Å². The normalized spacial score (nSPS) is 15.8. The van der Waals surface area contributed by atoms with Crippen LogP contribution in [0.2, 0.25) is 0 Å². The van der Waals surface area contributed by atoms with Gasteiger partial charge in [0, 0.05) is 12.5 Å². The molecule has 29 heavy (non-hydrogen) atoms. The van der Waals surface area contributed by atoms with E-state index in [2.05, 4.69) is 17.4 Å². The van der Waals surface area contributed by atoms with Gasteiger partial charge in [-0.1, -0.05) is 30.3 Å². The molecule has 0 spiro atoms. The minimum atomic E-state index is -3.64. The average Bonchev–Trinajstić information content (AvgIpc) is 2.70. The minimum absolute atomic E-state index is 0.163. The van der Waals surface area contributed by atoms with E-state index in [-0.39, 0.29) is 10.8 Å². The molecule has 1 saturated heterocycles. The fourth-order valence-electron chi connectivity index (χ4n) is 3.49. The number of carbonyl (C=O) groups is 1. The predicted molar refractivity (Wildman–Crippen MR) is 112 cm³/mol. The first-order valence-electron chi connectivity index (χ1n) is 9.82. The number of hydrogen-bond acceptors (Lipinski definition) is 4. The number of hydrogen-bond donors (Lipinski definition) is 2. The van der Waals surface area contributed by atoms with Crippen molar-refractivity contribution >= 4 is 21.6 Å². The molecule has 1 aliphatic heterocycles. The molecule has 2 aromatic carbocycles. The van der Waals surface area contributed by atoms with Crippen molar-refractivity contribution in [3.8, 4) is 5.75 Å². The van der Waals surface area contributed by atoms with E-state index in [0.717, 1.165) is 19.6 Å². The number of rotatable bonds is 7. The zero-order valence-corrected chi connectivity index (χ0v) is 17.7. The van der Waals surface area contributed by atoms with Crippen molar-refractivity contribution in [3.63, 3.8) is 0 Å². The fraction of sp³-hybridized carbons (Fsp3) is 0.381. The Labute approximate surface area is 172 Å². The Morgan fingerprint density at radius 3 is 2.45 bits per heavy atom. The third kappa shape index (κ3) is 5.35. The maximum absolute atomic E-state index is 13.1. The molecule has 1 aliphatic rings. The highest BCUT2D eigenvalue weighted by molar-refractivity contribution is 7.89. The first-order chi connectivity index (χ1) is 13.9. The third-order valence-corrected chi connectivity index (χ3v) is 6.82. The van der Waals surface area contributed by atoms with Crippen molar-refractivity contribution < 1.29 is 22.8 Å². The summed E-state index contributed by atoms with van der Waals surface area (Å²) in [6, 6.07) is 14.8. The number of ether oxygens (including phenoxy) is 1. The number of nitrogens with one attached hydrogen (secondary N) is 2. The largest absolute Gasteiger partial charge is 0.492 e. The number of sulfonamides is 1. The van der Waals surface area contributed by atoms with Gasteiger partial charge in [-0.15, -0.1) is 0 Å². The molecule has 1 heterocycles. The van der Waals surface area contributed by atoms with Crippen molar-refractivity contribution in [2.24, 2.45) is 0 Å². The highest BCUT2D eigenvalue weighted by Crippen LogP contribution is 2.29. The van der Waals surface area contributed by atoms with Gasteiger partial charge in [-0.05, 0) is 25.1 Å². The second-order valence-corrected chi connectivity index (χ2v) is 9.03. The molecule has 0 aliphatic carbocycles. The van der Waals surface area contributed by atoms with Gasteiger partial charge in [-0.25, -0.2) is 8.42 Å². The quantitative estimate of drug-likeness (QED) is 0.707. The zero-order valence-electron chi connectivity index (χ0n) is 16.8. The molecule has 8 heteroatoms. The third-order valence-electron chi connectivity index (χ3n) is 4.93. The van der Waals surface area contributed by atoms with Crippen molar-refractivity contribution in [3.05, 3.63) is 54.1 Å². The molecule has 0 aromatic heterocycles. The Hall–Kier alpha value is -2.42. The van der Waals surface area contributed by atoms with Gasteiger partial charge in [-0.3, -0.25) is 4.79 Å². The van der Waals surface area contributed by atoms with E-state index in [1.165, 1.54) is 33.8 Å². The van der Waals surface area contributed by atoms with Crippen LogP contribution in [0, 0.1) is 0 Å². The Bertz CT molecular complexity index is 940. The van der Waals surface area contributed by atoms with Gasteiger partial charge in [0.2, 0.25) is 15.9 Å². The molecule has 0 atom stereocenters. The standard InChI is InChI=1S/C21H27N3O4S/c1-3-28-21-10-9-19(15-20(21)22-17(2)25)29(26,27)24-13-11-23(12-14-24)16-18-7-5-4-6-8-18/h4-10,15H,3,11-14,16H2,1-2H3,(H,22,25)/p+1. The lowest BCUT2D eigenvalue weighted by Gasteiger charge is -2.31. The maximum Gasteiger partial charge on any atom is 0.243 e. The van der Waals surface area contributed by atoms with E-state index >= 15 is 0 Å². The topological polar surface area (TPSA) is 80.2 Å². The molecule has 156 valence electrons. The number of amides is 1. The molecule has 0 radical (unpaired) electrons. The van der Waals surface area contributed by atoms with Crippen LogP contribution in [0.5, 0.6) is 5.75 Å². The SMILES string of the molecule is CCOc1ccc(S(=O)(=O)N2CC[NH+](Cc3ccccc3)CC2)cc1NC(C)=O. The summed E-state index contributed by atoms with van der Waals surface area (Å²) in [5, 5.41) is 2.66. The van der Waals surface area contributed by atoms with Gasteiger partial charge in [0.25, 0.3) is 0 Å². The van der Waals surface area contributed by atoms with E-state index in [1.807, 2.05) is 25.1 Å². The van der Waals surface area contributed by atoms with Crippen LogP contribution in [0.1, 0.15) is 19.4 Å². The molecule has 0 saturated carbocycles. The summed E-state index contributed by atoms with van der Waals surface area (Å²) < 4.78 is 33.3. The summed E-state index contributed by atoms with van der Waals surface area (Å²) in [7, 11) is -3.64. The van der Waals surface area contributed by atoms with Crippen LogP contribution in [-0.2, 0) is 21.4 Å². The van der Waals surface area contributed by atoms with E-state index < -0.39 is 10.0 Å². The lowest BCUT2D eigenvalue weighted by atomic mass is 10.2. The molecule has 1 amide bonds. The molecule has 2 aromatic rings. The lowest BCUT2D eigenvalue weighted by molar-refractivity contribution is -0.917. The molecule has 7 nitrogen and oxygen atoms in total. The smallest absolute Gasteiger partial charge is 0.243 e. The van der Waals surface area contributed by atoms with Gasteiger partial charge in [0.15, 0.2) is 0 Å². The second kappa shape index (κ2) is 9.39. The Morgan fingerprint density at radius 2 is 1.83 bits per heavy atom. The number of anilines is 1. The number of nitrogens with zero attached hydrogens (tertiary/aromatic N) is 1. The molecule has 3 rings (SSSR count). The van der Waals surface area contributed by atoms with Gasteiger partial charge in [0.05, 0.1) is 43.4 Å². The number of piperazine rings is 1. The number of carbonyl (C=O) groups excluding carboxylic acids is 1.